The SMILES string of the molecule is Cc1c(N2[C]N(c3c(C)c([N+](=O)[O-])c(C)c([N+](=O)[O-])c3C)CC2)c(C)c([N+](=O)[O-])c(C)c1[N+](=O)[O-]. The normalized spacial score (nSPS) is 13.3. The molecule has 0 aromatic heterocycles. The molecule has 0 saturated carbocycles. The molecular weight excluding hydrogens is 464 g/mol. The summed E-state index contributed by atoms with van der Waals surface area (Å²) in [5.74, 6) is 0. The summed E-state index contributed by atoms with van der Waals surface area (Å²) in [6.45, 7) is 11.9. The van der Waals surface area contributed by atoms with E-state index in [2.05, 4.69) is 6.67 Å². The standard InChI is InChI=1S/C21H22N6O8/c1-10-16(11(2)19(25(30)31)14(5)18(10)24(28)29)22-7-8-23(9-22)17-12(3)20(26(32)33)15(6)21(13(17)4)27(34)35/h7-8H2,1-6H3. The number of nitrogens with zero attached hydrogens (tertiary/aromatic N) is 6. The van der Waals surface area contributed by atoms with E-state index in [4.69, 9.17) is 0 Å². The second kappa shape index (κ2) is 8.77. The van der Waals surface area contributed by atoms with Crippen molar-refractivity contribution in [3.05, 3.63) is 80.5 Å². The van der Waals surface area contributed by atoms with Crippen molar-refractivity contribution in [2.45, 2.75) is 41.5 Å². The van der Waals surface area contributed by atoms with Crippen molar-refractivity contribution >= 4 is 34.1 Å². The average molecular weight is 486 g/mol. The van der Waals surface area contributed by atoms with Crippen molar-refractivity contribution in [3.63, 3.8) is 0 Å². The van der Waals surface area contributed by atoms with Crippen molar-refractivity contribution in [2.75, 3.05) is 22.9 Å². The Kier molecular flexibility index (Phi) is 6.33. The maximum atomic E-state index is 11.7. The fourth-order valence-corrected chi connectivity index (χ4v) is 5.03. The first-order valence-corrected chi connectivity index (χ1v) is 10.4. The summed E-state index contributed by atoms with van der Waals surface area (Å²) in [6, 6.07) is 0. The van der Waals surface area contributed by atoms with Gasteiger partial charge in [-0.3, -0.25) is 40.5 Å². The van der Waals surface area contributed by atoms with E-state index < -0.39 is 19.7 Å². The number of benzene rings is 2. The van der Waals surface area contributed by atoms with Crippen LogP contribution in [0.3, 0.4) is 0 Å². The lowest BCUT2D eigenvalue weighted by molar-refractivity contribution is -0.396. The van der Waals surface area contributed by atoms with Crippen LogP contribution in [-0.2, 0) is 0 Å². The molecule has 3 rings (SSSR count). The van der Waals surface area contributed by atoms with Gasteiger partial charge in [-0.15, -0.1) is 0 Å². The quantitative estimate of drug-likeness (QED) is 0.417. The van der Waals surface area contributed by atoms with Gasteiger partial charge in [0.15, 0.2) is 0 Å². The molecule has 0 N–H and O–H groups in total. The molecule has 1 heterocycles. The zero-order valence-corrected chi connectivity index (χ0v) is 19.9. The molecule has 1 fully saturated rings. The van der Waals surface area contributed by atoms with E-state index in [1.165, 1.54) is 51.3 Å². The number of nitro groups is 4. The molecular formula is C21H22N6O8. The Bertz CT molecular complexity index is 1140. The summed E-state index contributed by atoms with van der Waals surface area (Å²) < 4.78 is 0. The van der Waals surface area contributed by atoms with Crippen LogP contribution in [-0.4, -0.2) is 32.8 Å². The van der Waals surface area contributed by atoms with E-state index in [0.717, 1.165) is 0 Å². The topological polar surface area (TPSA) is 179 Å². The number of rotatable bonds is 6. The van der Waals surface area contributed by atoms with Crippen LogP contribution in [0.15, 0.2) is 0 Å². The van der Waals surface area contributed by atoms with Gasteiger partial charge in [0.25, 0.3) is 22.7 Å². The molecule has 14 heteroatoms. The first kappa shape index (κ1) is 25.3. The van der Waals surface area contributed by atoms with Gasteiger partial charge >= 0.3 is 0 Å². The van der Waals surface area contributed by atoms with E-state index in [-0.39, 0.29) is 80.6 Å². The highest BCUT2D eigenvalue weighted by molar-refractivity contribution is 5.80. The molecule has 0 spiro atoms. The minimum Gasteiger partial charge on any atom is -0.339 e. The van der Waals surface area contributed by atoms with Crippen LogP contribution in [0.5, 0.6) is 0 Å². The van der Waals surface area contributed by atoms with Crippen molar-refractivity contribution in [2.24, 2.45) is 0 Å². The number of hydrogen-bond acceptors (Lipinski definition) is 10. The van der Waals surface area contributed by atoms with Gasteiger partial charge in [0, 0.05) is 13.1 Å². The van der Waals surface area contributed by atoms with Crippen LogP contribution in [0, 0.1) is 88.7 Å². The Morgan fingerprint density at radius 1 is 0.514 bits per heavy atom. The van der Waals surface area contributed by atoms with Crippen LogP contribution < -0.4 is 9.80 Å². The molecule has 0 atom stereocenters. The zero-order chi connectivity index (χ0) is 26.5. The van der Waals surface area contributed by atoms with Gasteiger partial charge in [0.2, 0.25) is 6.67 Å². The van der Waals surface area contributed by atoms with Gasteiger partial charge < -0.3 is 9.80 Å². The molecule has 1 aliphatic heterocycles. The predicted molar refractivity (Wildman–Crippen MR) is 126 cm³/mol. The molecule has 14 nitrogen and oxygen atoms in total. The highest BCUT2D eigenvalue weighted by Gasteiger charge is 2.38. The summed E-state index contributed by atoms with van der Waals surface area (Å²) in [7, 11) is 0. The van der Waals surface area contributed by atoms with E-state index in [1.807, 2.05) is 0 Å². The molecule has 2 aromatic rings. The lowest BCUT2D eigenvalue weighted by Gasteiger charge is -2.25. The molecule has 1 aliphatic rings. The minimum atomic E-state index is -0.671. The maximum Gasteiger partial charge on any atom is 0.284 e. The largest absolute Gasteiger partial charge is 0.339 e. The van der Waals surface area contributed by atoms with Crippen LogP contribution in [0.2, 0.25) is 0 Å². The Labute approximate surface area is 199 Å². The molecule has 0 aliphatic carbocycles. The summed E-state index contributed by atoms with van der Waals surface area (Å²) in [5, 5.41) is 46.8. The number of hydrogen-bond donors (Lipinski definition) is 0. The third kappa shape index (κ3) is 3.86. The Morgan fingerprint density at radius 2 is 0.743 bits per heavy atom. The van der Waals surface area contributed by atoms with Crippen molar-refractivity contribution < 1.29 is 19.7 Å². The molecule has 2 aromatic carbocycles. The third-order valence-corrected chi connectivity index (χ3v) is 6.32. The molecule has 0 amide bonds. The van der Waals surface area contributed by atoms with E-state index in [9.17, 15) is 40.5 Å². The van der Waals surface area contributed by atoms with Gasteiger partial charge in [-0.05, 0) is 41.5 Å². The van der Waals surface area contributed by atoms with E-state index >= 15 is 0 Å². The fourth-order valence-electron chi connectivity index (χ4n) is 5.03. The van der Waals surface area contributed by atoms with Crippen LogP contribution in [0.1, 0.15) is 33.4 Å². The summed E-state index contributed by atoms with van der Waals surface area (Å²) >= 11 is 0. The van der Waals surface area contributed by atoms with Gasteiger partial charge in [0.05, 0.1) is 53.3 Å². The molecule has 1 saturated heterocycles. The van der Waals surface area contributed by atoms with Crippen LogP contribution >= 0.6 is 0 Å². The van der Waals surface area contributed by atoms with Gasteiger partial charge in [-0.1, -0.05) is 0 Å². The molecule has 0 unspecified atom stereocenters. The Morgan fingerprint density at radius 3 is 0.943 bits per heavy atom. The summed E-state index contributed by atoms with van der Waals surface area (Å²) in [6.07, 6.45) is 0. The van der Waals surface area contributed by atoms with E-state index in [0.29, 0.717) is 0 Å². The van der Waals surface area contributed by atoms with Gasteiger partial charge in [0.1, 0.15) is 11.1 Å². The van der Waals surface area contributed by atoms with Crippen molar-refractivity contribution in [3.8, 4) is 0 Å². The van der Waals surface area contributed by atoms with Crippen LogP contribution in [0.25, 0.3) is 0 Å². The minimum absolute atomic E-state index is 0.0636. The first-order chi connectivity index (χ1) is 16.2. The average Bonchev–Trinajstić information content (AvgIpc) is 3.15. The zero-order valence-electron chi connectivity index (χ0n) is 19.9. The Hall–Kier alpha value is -4.36. The highest BCUT2D eigenvalue weighted by Crippen LogP contribution is 2.46. The number of nitro benzene ring substituents is 4. The first-order valence-electron chi connectivity index (χ1n) is 10.4. The van der Waals surface area contributed by atoms with Crippen molar-refractivity contribution in [1.82, 2.24) is 0 Å². The highest BCUT2D eigenvalue weighted by atomic mass is 16.6. The van der Waals surface area contributed by atoms with E-state index in [1.54, 1.807) is 0 Å². The number of anilines is 2. The maximum absolute atomic E-state index is 11.7. The molecule has 184 valence electrons. The van der Waals surface area contributed by atoms with Gasteiger partial charge in [-0.25, -0.2) is 0 Å². The summed E-state index contributed by atoms with van der Waals surface area (Å²) in [5.41, 5.74) is -0.378. The second-order valence-corrected chi connectivity index (χ2v) is 8.27. The smallest absolute Gasteiger partial charge is 0.284 e. The summed E-state index contributed by atoms with van der Waals surface area (Å²) in [4.78, 5) is 47.1. The monoisotopic (exact) mass is 486 g/mol. The Balaban J connectivity index is 2.20. The fraction of sp³-hybridized carbons (Fsp3) is 0.381. The predicted octanol–water partition coefficient (Wildman–Crippen LogP) is 4.49. The third-order valence-electron chi connectivity index (χ3n) is 6.32. The second-order valence-electron chi connectivity index (χ2n) is 8.27. The van der Waals surface area contributed by atoms with Gasteiger partial charge in [-0.2, -0.15) is 0 Å². The van der Waals surface area contributed by atoms with Crippen molar-refractivity contribution in [1.29, 1.82) is 0 Å². The van der Waals surface area contributed by atoms with Crippen LogP contribution in [0.4, 0.5) is 34.1 Å². The lowest BCUT2D eigenvalue weighted by Crippen LogP contribution is -2.23. The molecule has 2 radical (unpaired) electrons. The lowest BCUT2D eigenvalue weighted by atomic mass is 9.98. The molecule has 35 heavy (non-hydrogen) atoms. The molecule has 0 bridgehead atoms.